The number of nitrogens with zero attached hydrogens (tertiary/aromatic N) is 14. The standard InChI is InChI=1S/2C26H25FN10/c2*1-14-17(11-32-25-19(27)2-4-30-24(14)25)20-8-15-9-21(31-12-18(15)26(28)33-20)34-22-10-16-3-6-36-7-5-29-23(36)13-37(16)35-22/h2*5,7-12,19,30H,2-4,6,13H2,1H3,(H2,28,33)(H,31,34,35)/t2*19-/m10/s1. The summed E-state index contributed by atoms with van der Waals surface area (Å²) < 4.78 is 37.0. The Bertz CT molecular complexity index is 3590. The molecular weight excluding hydrogens is 943 g/mol. The van der Waals surface area contributed by atoms with Gasteiger partial charge in [-0.2, -0.15) is 10.2 Å². The molecule has 14 rings (SSSR count). The maximum Gasteiger partial charge on any atom is 0.153 e. The Labute approximate surface area is 421 Å². The number of halogens is 2. The van der Waals surface area contributed by atoms with E-state index in [-0.39, 0.29) is 0 Å². The smallest absolute Gasteiger partial charge is 0.153 e. The molecular formula is C52H50F2N20. The molecule has 0 fully saturated rings. The van der Waals surface area contributed by atoms with E-state index in [1.165, 1.54) is 0 Å². The van der Waals surface area contributed by atoms with Crippen LogP contribution >= 0.6 is 0 Å². The highest BCUT2D eigenvalue weighted by Crippen LogP contribution is 2.40. The Balaban J connectivity index is 0.000000143. The zero-order valence-electron chi connectivity index (χ0n) is 40.5. The van der Waals surface area contributed by atoms with E-state index < -0.39 is 12.3 Å². The van der Waals surface area contributed by atoms with Crippen LogP contribution < -0.4 is 32.7 Å². The lowest BCUT2D eigenvalue weighted by atomic mass is 9.98. The van der Waals surface area contributed by atoms with Crippen molar-refractivity contribution in [3.8, 4) is 22.5 Å². The summed E-state index contributed by atoms with van der Waals surface area (Å²) in [5.41, 5.74) is 22.2. The lowest BCUT2D eigenvalue weighted by molar-refractivity contribution is 0.316. The topological polar surface area (TPSA) is 249 Å². The number of nitrogens with one attached hydrogen (secondary N) is 4. The highest BCUT2D eigenvalue weighted by molar-refractivity contribution is 5.96. The Morgan fingerprint density at radius 2 is 1.03 bits per heavy atom. The quantitative estimate of drug-likeness (QED) is 0.0917. The van der Waals surface area contributed by atoms with Crippen LogP contribution in [0.2, 0.25) is 0 Å². The fourth-order valence-corrected chi connectivity index (χ4v) is 10.5. The van der Waals surface area contributed by atoms with Crippen LogP contribution in [0, 0.1) is 13.8 Å². The van der Waals surface area contributed by atoms with E-state index in [9.17, 15) is 8.78 Å². The zero-order valence-corrected chi connectivity index (χ0v) is 40.5. The fraction of sp³-hybridized carbons (Fsp3) is 0.269. The third-order valence-corrected chi connectivity index (χ3v) is 14.4. The first-order valence-corrected chi connectivity index (χ1v) is 24.6. The molecule has 4 aliphatic heterocycles. The van der Waals surface area contributed by atoms with Gasteiger partial charge >= 0.3 is 0 Å². The second-order valence-corrected chi connectivity index (χ2v) is 19.0. The highest BCUT2D eigenvalue weighted by atomic mass is 19.1. The molecule has 10 aromatic rings. The van der Waals surface area contributed by atoms with Gasteiger partial charge in [-0.3, -0.25) is 19.3 Å². The largest absolute Gasteiger partial charge is 0.383 e. The van der Waals surface area contributed by atoms with Gasteiger partial charge in [0.1, 0.15) is 47.3 Å². The Kier molecular flexibility index (Phi) is 10.8. The number of imidazole rings is 2. The third-order valence-electron chi connectivity index (χ3n) is 14.4. The molecule has 0 bridgehead atoms. The second-order valence-electron chi connectivity index (χ2n) is 19.0. The van der Waals surface area contributed by atoms with Gasteiger partial charge in [-0.25, -0.2) is 38.7 Å². The molecule has 0 saturated carbocycles. The van der Waals surface area contributed by atoms with Crippen molar-refractivity contribution in [3.05, 3.63) is 132 Å². The molecule has 0 unspecified atom stereocenters. The van der Waals surface area contributed by atoms with E-state index in [0.717, 1.165) is 116 Å². The van der Waals surface area contributed by atoms with Gasteiger partial charge in [-0.05, 0) is 60.0 Å². The van der Waals surface area contributed by atoms with Crippen molar-refractivity contribution in [2.24, 2.45) is 0 Å². The molecule has 372 valence electrons. The van der Waals surface area contributed by atoms with Gasteiger partial charge in [-0.1, -0.05) is 0 Å². The van der Waals surface area contributed by atoms with Crippen molar-refractivity contribution in [1.82, 2.24) is 68.6 Å². The van der Waals surface area contributed by atoms with E-state index >= 15 is 0 Å². The van der Waals surface area contributed by atoms with Crippen molar-refractivity contribution in [3.63, 3.8) is 0 Å². The minimum Gasteiger partial charge on any atom is -0.383 e. The van der Waals surface area contributed by atoms with E-state index in [0.29, 0.717) is 85.1 Å². The third kappa shape index (κ3) is 8.07. The van der Waals surface area contributed by atoms with Gasteiger partial charge < -0.3 is 41.9 Å². The monoisotopic (exact) mass is 992 g/mol. The molecule has 4 aliphatic rings. The number of fused-ring (bicyclic) bond motifs is 8. The number of nitrogen functional groups attached to an aromatic ring is 2. The molecule has 0 radical (unpaired) electrons. The molecule has 0 aliphatic carbocycles. The highest BCUT2D eigenvalue weighted by Gasteiger charge is 2.27. The Hall–Kier alpha value is -9.08. The van der Waals surface area contributed by atoms with Gasteiger partial charge in [0.25, 0.3) is 0 Å². The normalized spacial score (nSPS) is 16.4. The number of aryl methyl sites for hydroxylation is 4. The average Bonchev–Trinajstić information content (AvgIpc) is 4.18. The number of pyridine rings is 6. The SMILES string of the molecule is Cc1c(-c2cc3cc(Nc4cc5n(n4)Cc4nccn4CC5)ncc3c(N)n2)cnc2c1NCC[C@@H]2F.Cc1c(-c2cc3cc(Nc4cc5n(n4)Cc4nccn4CC5)ncc3c(N)n2)cnc2c1NCC[C@H]2F. The summed E-state index contributed by atoms with van der Waals surface area (Å²) in [5.74, 6) is 5.51. The van der Waals surface area contributed by atoms with E-state index in [4.69, 9.17) is 21.7 Å². The van der Waals surface area contributed by atoms with Gasteiger partial charge in [0.2, 0.25) is 0 Å². The number of hydrogen-bond acceptors (Lipinski definition) is 16. The number of aromatic nitrogens is 14. The van der Waals surface area contributed by atoms with E-state index in [1.807, 2.05) is 72.3 Å². The van der Waals surface area contributed by atoms with Crippen LogP contribution in [0.5, 0.6) is 0 Å². The predicted octanol–water partition coefficient (Wildman–Crippen LogP) is 8.30. The molecule has 0 amide bonds. The summed E-state index contributed by atoms with van der Waals surface area (Å²) in [6.45, 7) is 8.09. The summed E-state index contributed by atoms with van der Waals surface area (Å²) in [6.07, 6.45) is 15.0. The average molecular weight is 993 g/mol. The molecule has 0 saturated heterocycles. The molecule has 10 aromatic heterocycles. The van der Waals surface area contributed by atoms with Gasteiger partial charge in [0, 0.05) is 147 Å². The first-order valence-electron chi connectivity index (χ1n) is 24.6. The predicted molar refractivity (Wildman–Crippen MR) is 279 cm³/mol. The number of hydrogen-bond donors (Lipinski definition) is 6. The molecule has 20 nitrogen and oxygen atoms in total. The maximum atomic E-state index is 14.4. The second kappa shape index (κ2) is 17.9. The molecule has 14 heterocycles. The number of anilines is 8. The summed E-state index contributed by atoms with van der Waals surface area (Å²) in [6, 6.07) is 11.9. The first-order chi connectivity index (χ1) is 36.1. The maximum absolute atomic E-state index is 14.4. The van der Waals surface area contributed by atoms with Crippen LogP contribution in [0.15, 0.2) is 86.0 Å². The van der Waals surface area contributed by atoms with Crippen LogP contribution in [0.1, 0.15) is 70.7 Å². The number of alkyl halides is 2. The first kappa shape index (κ1) is 44.8. The Morgan fingerprint density at radius 3 is 1.49 bits per heavy atom. The lowest BCUT2D eigenvalue weighted by Gasteiger charge is -2.23. The van der Waals surface area contributed by atoms with Crippen LogP contribution in [0.3, 0.4) is 0 Å². The van der Waals surface area contributed by atoms with Crippen molar-refractivity contribution < 1.29 is 8.78 Å². The summed E-state index contributed by atoms with van der Waals surface area (Å²) in [4.78, 5) is 36.0. The summed E-state index contributed by atoms with van der Waals surface area (Å²) >= 11 is 0. The molecule has 0 spiro atoms. The molecule has 22 heteroatoms. The van der Waals surface area contributed by atoms with Crippen molar-refractivity contribution in [2.45, 2.75) is 78.1 Å². The summed E-state index contributed by atoms with van der Waals surface area (Å²) in [5, 5.41) is 26.0. The van der Waals surface area contributed by atoms with Gasteiger partial charge in [0.05, 0.1) is 47.2 Å². The van der Waals surface area contributed by atoms with Gasteiger partial charge in [0.15, 0.2) is 11.6 Å². The fourth-order valence-electron chi connectivity index (χ4n) is 10.5. The lowest BCUT2D eigenvalue weighted by Crippen LogP contribution is -2.17. The van der Waals surface area contributed by atoms with Crippen LogP contribution in [0.25, 0.3) is 44.1 Å². The molecule has 2 atom stereocenters. The van der Waals surface area contributed by atoms with Crippen molar-refractivity contribution >= 4 is 67.8 Å². The van der Waals surface area contributed by atoms with Crippen LogP contribution in [-0.4, -0.2) is 81.7 Å². The zero-order chi connectivity index (χ0) is 50.2. The minimum atomic E-state index is -1.06. The van der Waals surface area contributed by atoms with Gasteiger partial charge in [-0.15, -0.1) is 0 Å². The summed E-state index contributed by atoms with van der Waals surface area (Å²) in [7, 11) is 0. The van der Waals surface area contributed by atoms with Crippen molar-refractivity contribution in [2.75, 3.05) is 45.8 Å². The van der Waals surface area contributed by atoms with E-state index in [2.05, 4.69) is 82.4 Å². The van der Waals surface area contributed by atoms with E-state index in [1.54, 1.807) is 24.8 Å². The molecule has 74 heavy (non-hydrogen) atoms. The van der Waals surface area contributed by atoms with Crippen LogP contribution in [-0.2, 0) is 39.0 Å². The number of nitrogens with two attached hydrogens (primary N) is 2. The molecule has 8 N–H and O–H groups in total. The van der Waals surface area contributed by atoms with Crippen molar-refractivity contribution in [1.29, 1.82) is 0 Å². The molecule has 0 aromatic carbocycles. The minimum absolute atomic E-state index is 0.379. The Morgan fingerprint density at radius 1 is 0.568 bits per heavy atom. The van der Waals surface area contributed by atoms with Crippen LogP contribution in [0.4, 0.5) is 55.1 Å². The number of rotatable bonds is 6.